The molecule has 3 rings (SSSR count). The zero-order chi connectivity index (χ0) is 14.8. The van der Waals surface area contributed by atoms with E-state index < -0.39 is 0 Å². The first-order valence-corrected chi connectivity index (χ1v) is 7.26. The van der Waals surface area contributed by atoms with E-state index in [4.69, 9.17) is 9.26 Å². The number of benzene rings is 1. The third kappa shape index (κ3) is 2.55. The van der Waals surface area contributed by atoms with Crippen LogP contribution in [-0.4, -0.2) is 22.5 Å². The van der Waals surface area contributed by atoms with Crippen molar-refractivity contribution in [2.75, 3.05) is 6.61 Å². The van der Waals surface area contributed by atoms with Gasteiger partial charge in [-0.1, -0.05) is 30.3 Å². The van der Waals surface area contributed by atoms with Crippen LogP contribution in [0.1, 0.15) is 55.8 Å². The molecule has 110 valence electrons. The van der Waals surface area contributed by atoms with Gasteiger partial charge in [0.15, 0.2) is 5.82 Å². The van der Waals surface area contributed by atoms with Crippen LogP contribution < -0.4 is 4.74 Å². The molecule has 5 heteroatoms. The Morgan fingerprint density at radius 2 is 2.24 bits per heavy atom. The molecule has 0 aliphatic carbocycles. The van der Waals surface area contributed by atoms with Crippen molar-refractivity contribution >= 4 is 5.78 Å². The van der Waals surface area contributed by atoms with Gasteiger partial charge in [0.2, 0.25) is 5.89 Å². The van der Waals surface area contributed by atoms with Crippen molar-refractivity contribution in [1.82, 2.24) is 10.1 Å². The van der Waals surface area contributed by atoms with Crippen LogP contribution in [0, 0.1) is 0 Å². The van der Waals surface area contributed by atoms with Gasteiger partial charge in [-0.15, -0.1) is 0 Å². The lowest BCUT2D eigenvalue weighted by Gasteiger charge is -2.23. The molecule has 0 bridgehead atoms. The van der Waals surface area contributed by atoms with Crippen LogP contribution in [0.3, 0.4) is 0 Å². The van der Waals surface area contributed by atoms with Crippen molar-refractivity contribution in [1.29, 1.82) is 0 Å². The van der Waals surface area contributed by atoms with Gasteiger partial charge in [-0.25, -0.2) is 0 Å². The fraction of sp³-hybridized carbons (Fsp3) is 0.438. The SMILES string of the molecule is CCC(C(C)=O)c1nc(C2CCOc3ccccc32)no1. The van der Waals surface area contributed by atoms with Crippen molar-refractivity contribution < 1.29 is 14.1 Å². The van der Waals surface area contributed by atoms with E-state index in [1.54, 1.807) is 6.92 Å². The average molecular weight is 286 g/mol. The molecule has 2 aromatic rings. The second-order valence-corrected chi connectivity index (χ2v) is 5.29. The standard InChI is InChI=1S/C16H18N2O3/c1-3-11(10(2)19)16-17-15(18-21-16)13-8-9-20-14-7-5-4-6-12(13)14/h4-7,11,13H,3,8-9H2,1-2H3. The predicted octanol–water partition coefficient (Wildman–Crippen LogP) is 3.07. The minimum absolute atomic E-state index is 0.0556. The van der Waals surface area contributed by atoms with E-state index >= 15 is 0 Å². The quantitative estimate of drug-likeness (QED) is 0.864. The number of carbonyl (C=O) groups is 1. The average Bonchev–Trinajstić information content (AvgIpc) is 2.96. The minimum Gasteiger partial charge on any atom is -0.493 e. The summed E-state index contributed by atoms with van der Waals surface area (Å²) in [7, 11) is 0. The van der Waals surface area contributed by atoms with Crippen molar-refractivity contribution in [3.8, 4) is 5.75 Å². The number of ether oxygens (including phenoxy) is 1. The lowest BCUT2D eigenvalue weighted by Crippen LogP contribution is -2.16. The van der Waals surface area contributed by atoms with Gasteiger partial charge in [0, 0.05) is 5.56 Å². The first kappa shape index (κ1) is 13.8. The van der Waals surface area contributed by atoms with Crippen LogP contribution >= 0.6 is 0 Å². The molecule has 2 atom stereocenters. The number of nitrogens with zero attached hydrogens (tertiary/aromatic N) is 2. The molecule has 1 aromatic heterocycles. The van der Waals surface area contributed by atoms with Crippen LogP contribution in [0.5, 0.6) is 5.75 Å². The van der Waals surface area contributed by atoms with Gasteiger partial charge in [-0.05, 0) is 25.8 Å². The van der Waals surface area contributed by atoms with Crippen LogP contribution in [0.15, 0.2) is 28.8 Å². The molecule has 0 amide bonds. The molecule has 21 heavy (non-hydrogen) atoms. The summed E-state index contributed by atoms with van der Waals surface area (Å²) in [5.74, 6) is 1.75. The summed E-state index contributed by atoms with van der Waals surface area (Å²) in [4.78, 5) is 16.1. The molecule has 0 radical (unpaired) electrons. The third-order valence-corrected chi connectivity index (χ3v) is 3.92. The second kappa shape index (κ2) is 5.68. The monoisotopic (exact) mass is 286 g/mol. The van der Waals surface area contributed by atoms with Crippen molar-refractivity contribution in [2.45, 2.75) is 38.5 Å². The number of para-hydroxylation sites is 1. The molecule has 0 spiro atoms. The number of ketones is 1. The molecule has 1 aliphatic heterocycles. The molecule has 2 unspecified atom stereocenters. The molecule has 2 heterocycles. The third-order valence-electron chi connectivity index (χ3n) is 3.92. The second-order valence-electron chi connectivity index (χ2n) is 5.29. The molecule has 5 nitrogen and oxygen atoms in total. The van der Waals surface area contributed by atoms with E-state index in [2.05, 4.69) is 10.1 Å². The Hall–Kier alpha value is -2.17. The normalized spacial score (nSPS) is 18.7. The van der Waals surface area contributed by atoms with E-state index in [0.29, 0.717) is 24.7 Å². The number of hydrogen-bond donors (Lipinski definition) is 0. The smallest absolute Gasteiger partial charge is 0.237 e. The summed E-state index contributed by atoms with van der Waals surface area (Å²) in [5.41, 5.74) is 1.08. The number of rotatable bonds is 4. The van der Waals surface area contributed by atoms with Crippen molar-refractivity contribution in [2.24, 2.45) is 0 Å². The summed E-state index contributed by atoms with van der Waals surface area (Å²) < 4.78 is 11.0. The molecule has 0 N–H and O–H groups in total. The highest BCUT2D eigenvalue weighted by Crippen LogP contribution is 2.37. The molecular weight excluding hydrogens is 268 g/mol. The van der Waals surface area contributed by atoms with Crippen molar-refractivity contribution in [3.05, 3.63) is 41.5 Å². The number of aromatic nitrogens is 2. The fourth-order valence-electron chi connectivity index (χ4n) is 2.78. The summed E-state index contributed by atoms with van der Waals surface area (Å²) in [6.45, 7) is 4.14. The molecular formula is C16H18N2O3. The summed E-state index contributed by atoms with van der Waals surface area (Å²) in [5, 5.41) is 4.10. The van der Waals surface area contributed by atoms with Crippen molar-refractivity contribution in [3.63, 3.8) is 0 Å². The van der Waals surface area contributed by atoms with Gasteiger partial charge in [-0.2, -0.15) is 4.98 Å². The lowest BCUT2D eigenvalue weighted by atomic mass is 9.92. The van der Waals surface area contributed by atoms with Crippen LogP contribution in [0.2, 0.25) is 0 Å². The first-order chi connectivity index (χ1) is 10.2. The van der Waals surface area contributed by atoms with E-state index in [1.807, 2.05) is 31.2 Å². The highest BCUT2D eigenvalue weighted by atomic mass is 16.5. The maximum atomic E-state index is 11.6. The Morgan fingerprint density at radius 1 is 1.43 bits per heavy atom. The number of carbonyl (C=O) groups excluding carboxylic acids is 1. The predicted molar refractivity (Wildman–Crippen MR) is 76.4 cm³/mol. The first-order valence-electron chi connectivity index (χ1n) is 7.26. The molecule has 1 aliphatic rings. The van der Waals surface area contributed by atoms with E-state index in [9.17, 15) is 4.79 Å². The van der Waals surface area contributed by atoms with E-state index in [-0.39, 0.29) is 17.6 Å². The molecule has 0 saturated heterocycles. The van der Waals surface area contributed by atoms with Gasteiger partial charge in [0.25, 0.3) is 0 Å². The zero-order valence-electron chi connectivity index (χ0n) is 12.2. The van der Waals surface area contributed by atoms with Gasteiger partial charge in [-0.3, -0.25) is 4.79 Å². The van der Waals surface area contributed by atoms with Gasteiger partial charge >= 0.3 is 0 Å². The maximum absolute atomic E-state index is 11.6. The number of fused-ring (bicyclic) bond motifs is 1. The number of hydrogen-bond acceptors (Lipinski definition) is 5. The highest BCUT2D eigenvalue weighted by Gasteiger charge is 2.29. The lowest BCUT2D eigenvalue weighted by molar-refractivity contribution is -0.119. The van der Waals surface area contributed by atoms with Crippen LogP contribution in [-0.2, 0) is 4.79 Å². The Balaban J connectivity index is 1.93. The fourth-order valence-corrected chi connectivity index (χ4v) is 2.78. The molecule has 0 fully saturated rings. The Morgan fingerprint density at radius 3 is 3.00 bits per heavy atom. The van der Waals surface area contributed by atoms with Gasteiger partial charge in [0.05, 0.1) is 18.4 Å². The van der Waals surface area contributed by atoms with Crippen LogP contribution in [0.25, 0.3) is 0 Å². The maximum Gasteiger partial charge on any atom is 0.237 e. The zero-order valence-corrected chi connectivity index (χ0v) is 12.2. The minimum atomic E-state index is -0.304. The van der Waals surface area contributed by atoms with E-state index in [1.165, 1.54) is 0 Å². The molecule has 0 saturated carbocycles. The summed E-state index contributed by atoms with van der Waals surface area (Å²) in [6.07, 6.45) is 1.48. The number of Topliss-reactive ketones (excluding diaryl/α,β-unsaturated/α-hetero) is 1. The Kier molecular flexibility index (Phi) is 3.73. The van der Waals surface area contributed by atoms with Gasteiger partial charge < -0.3 is 9.26 Å². The van der Waals surface area contributed by atoms with Crippen LogP contribution in [0.4, 0.5) is 0 Å². The largest absolute Gasteiger partial charge is 0.493 e. The summed E-state index contributed by atoms with van der Waals surface area (Å²) in [6, 6.07) is 7.90. The summed E-state index contributed by atoms with van der Waals surface area (Å²) >= 11 is 0. The van der Waals surface area contributed by atoms with Gasteiger partial charge in [0.1, 0.15) is 11.5 Å². The topological polar surface area (TPSA) is 65.2 Å². The highest BCUT2D eigenvalue weighted by molar-refractivity contribution is 5.82. The molecule has 1 aromatic carbocycles. The Labute approximate surface area is 123 Å². The Bertz CT molecular complexity index is 650. The van der Waals surface area contributed by atoms with E-state index in [0.717, 1.165) is 17.7 Å².